The number of aromatic nitrogens is 1. The van der Waals surface area contributed by atoms with Crippen LogP contribution in [0.4, 0.5) is 0 Å². The summed E-state index contributed by atoms with van der Waals surface area (Å²) in [6.45, 7) is 5.99. The molecule has 0 aromatic carbocycles. The summed E-state index contributed by atoms with van der Waals surface area (Å²) in [5.41, 5.74) is 1.49. The van der Waals surface area contributed by atoms with Gasteiger partial charge in [-0.2, -0.15) is 0 Å². The lowest BCUT2D eigenvalue weighted by Crippen LogP contribution is -2.39. The Morgan fingerprint density at radius 1 is 1.39 bits per heavy atom. The van der Waals surface area contributed by atoms with E-state index in [0.29, 0.717) is 12.2 Å². The van der Waals surface area contributed by atoms with Crippen molar-refractivity contribution in [3.05, 3.63) is 23.5 Å². The fraction of sp³-hybridized carbons (Fsp3) is 0.538. The SMILES string of the molecule is Cc1ccc(C(=O)N(CC(=O)O)CC(C)C)n1C. The zero-order chi connectivity index (χ0) is 13.9. The van der Waals surface area contributed by atoms with E-state index in [4.69, 9.17) is 5.11 Å². The molecule has 5 nitrogen and oxygen atoms in total. The van der Waals surface area contributed by atoms with Crippen LogP contribution >= 0.6 is 0 Å². The Kier molecular flexibility index (Phi) is 4.53. The molecule has 0 atom stereocenters. The summed E-state index contributed by atoms with van der Waals surface area (Å²) < 4.78 is 1.78. The van der Waals surface area contributed by atoms with Crippen molar-refractivity contribution in [3.8, 4) is 0 Å². The maximum absolute atomic E-state index is 12.3. The third-order valence-electron chi connectivity index (χ3n) is 2.79. The number of hydrogen-bond acceptors (Lipinski definition) is 2. The number of rotatable bonds is 5. The van der Waals surface area contributed by atoms with Crippen molar-refractivity contribution < 1.29 is 14.7 Å². The molecule has 0 radical (unpaired) electrons. The van der Waals surface area contributed by atoms with E-state index in [9.17, 15) is 9.59 Å². The smallest absolute Gasteiger partial charge is 0.323 e. The number of nitrogens with zero attached hydrogens (tertiary/aromatic N) is 2. The first-order valence-corrected chi connectivity index (χ1v) is 5.96. The number of carboxylic acids is 1. The van der Waals surface area contributed by atoms with Crippen molar-refractivity contribution >= 4 is 11.9 Å². The number of carbonyl (C=O) groups is 2. The van der Waals surface area contributed by atoms with E-state index >= 15 is 0 Å². The van der Waals surface area contributed by atoms with Crippen molar-refractivity contribution in [2.24, 2.45) is 13.0 Å². The maximum atomic E-state index is 12.3. The first-order valence-electron chi connectivity index (χ1n) is 5.96. The van der Waals surface area contributed by atoms with Crippen molar-refractivity contribution in [1.82, 2.24) is 9.47 Å². The van der Waals surface area contributed by atoms with Crippen LogP contribution in [0.5, 0.6) is 0 Å². The monoisotopic (exact) mass is 252 g/mol. The Hall–Kier alpha value is -1.78. The largest absolute Gasteiger partial charge is 0.480 e. The average molecular weight is 252 g/mol. The molecule has 0 unspecified atom stereocenters. The van der Waals surface area contributed by atoms with E-state index in [0.717, 1.165) is 5.69 Å². The van der Waals surface area contributed by atoms with E-state index in [1.165, 1.54) is 4.90 Å². The van der Waals surface area contributed by atoms with Crippen LogP contribution in [-0.2, 0) is 11.8 Å². The first-order chi connectivity index (χ1) is 8.32. The van der Waals surface area contributed by atoms with Crippen LogP contribution in [0.25, 0.3) is 0 Å². The summed E-state index contributed by atoms with van der Waals surface area (Å²) in [6.07, 6.45) is 0. The van der Waals surface area contributed by atoms with Crippen LogP contribution in [0.2, 0.25) is 0 Å². The quantitative estimate of drug-likeness (QED) is 0.864. The highest BCUT2D eigenvalue weighted by Gasteiger charge is 2.21. The molecule has 1 amide bonds. The lowest BCUT2D eigenvalue weighted by Gasteiger charge is -2.23. The number of aliphatic carboxylic acids is 1. The summed E-state index contributed by atoms with van der Waals surface area (Å²) in [5.74, 6) is -0.994. The Bertz CT molecular complexity index is 449. The summed E-state index contributed by atoms with van der Waals surface area (Å²) in [6, 6.07) is 3.58. The van der Waals surface area contributed by atoms with E-state index in [1.807, 2.05) is 26.8 Å². The third-order valence-corrected chi connectivity index (χ3v) is 2.79. The molecule has 0 spiro atoms. The molecule has 1 aromatic rings. The zero-order valence-electron chi connectivity index (χ0n) is 11.3. The van der Waals surface area contributed by atoms with Gasteiger partial charge in [0.1, 0.15) is 12.2 Å². The van der Waals surface area contributed by atoms with Crippen molar-refractivity contribution in [3.63, 3.8) is 0 Å². The molecule has 1 rings (SSSR count). The minimum atomic E-state index is -0.991. The summed E-state index contributed by atoms with van der Waals surface area (Å²) in [5, 5.41) is 8.87. The molecular weight excluding hydrogens is 232 g/mol. The van der Waals surface area contributed by atoms with Crippen LogP contribution in [0.1, 0.15) is 30.0 Å². The van der Waals surface area contributed by atoms with Gasteiger partial charge in [0.15, 0.2) is 0 Å². The van der Waals surface area contributed by atoms with E-state index in [1.54, 1.807) is 17.7 Å². The molecule has 0 aliphatic carbocycles. The Balaban J connectivity index is 2.94. The van der Waals surface area contributed by atoms with Gasteiger partial charge in [0.2, 0.25) is 0 Å². The number of hydrogen-bond donors (Lipinski definition) is 1. The number of carboxylic acid groups (broad SMARTS) is 1. The lowest BCUT2D eigenvalue weighted by atomic mass is 10.2. The minimum absolute atomic E-state index is 0.231. The van der Waals surface area contributed by atoms with Crippen molar-refractivity contribution in [1.29, 1.82) is 0 Å². The molecule has 0 fully saturated rings. The minimum Gasteiger partial charge on any atom is -0.480 e. The van der Waals surface area contributed by atoms with Gasteiger partial charge in [0.25, 0.3) is 5.91 Å². The maximum Gasteiger partial charge on any atom is 0.323 e. The van der Waals surface area contributed by atoms with Gasteiger partial charge >= 0.3 is 5.97 Å². The Morgan fingerprint density at radius 2 is 2.00 bits per heavy atom. The first kappa shape index (κ1) is 14.3. The normalized spacial score (nSPS) is 10.7. The van der Waals surface area contributed by atoms with Crippen LogP contribution in [0, 0.1) is 12.8 Å². The van der Waals surface area contributed by atoms with E-state index < -0.39 is 5.97 Å². The molecule has 0 bridgehead atoms. The predicted octanol–water partition coefficient (Wildman–Crippen LogP) is 1.52. The van der Waals surface area contributed by atoms with Crippen LogP contribution in [-0.4, -0.2) is 39.5 Å². The molecule has 0 saturated carbocycles. The van der Waals surface area contributed by atoms with Gasteiger partial charge in [-0.25, -0.2) is 0 Å². The molecule has 5 heteroatoms. The second-order valence-corrected chi connectivity index (χ2v) is 4.89. The van der Waals surface area contributed by atoms with Gasteiger partial charge in [-0.15, -0.1) is 0 Å². The highest BCUT2D eigenvalue weighted by molar-refractivity contribution is 5.94. The number of aryl methyl sites for hydroxylation is 1. The molecule has 1 N–H and O–H groups in total. The van der Waals surface area contributed by atoms with Gasteiger partial charge in [0, 0.05) is 19.3 Å². The average Bonchev–Trinajstić information content (AvgIpc) is 2.56. The predicted molar refractivity (Wildman–Crippen MR) is 68.5 cm³/mol. The molecule has 0 saturated heterocycles. The second kappa shape index (κ2) is 5.71. The molecule has 18 heavy (non-hydrogen) atoms. The topological polar surface area (TPSA) is 62.5 Å². The molecule has 0 aliphatic heterocycles. The van der Waals surface area contributed by atoms with Gasteiger partial charge in [-0.1, -0.05) is 13.8 Å². The number of carbonyl (C=O) groups excluding carboxylic acids is 1. The highest BCUT2D eigenvalue weighted by atomic mass is 16.4. The van der Waals surface area contributed by atoms with Gasteiger partial charge in [-0.3, -0.25) is 9.59 Å². The molecule has 0 aliphatic rings. The Morgan fingerprint density at radius 3 is 2.39 bits per heavy atom. The fourth-order valence-electron chi connectivity index (χ4n) is 1.81. The number of amides is 1. The lowest BCUT2D eigenvalue weighted by molar-refractivity contribution is -0.137. The van der Waals surface area contributed by atoms with Crippen LogP contribution in [0.15, 0.2) is 12.1 Å². The van der Waals surface area contributed by atoms with Gasteiger partial charge in [-0.05, 0) is 25.0 Å². The summed E-state index contributed by atoms with van der Waals surface area (Å²) >= 11 is 0. The van der Waals surface area contributed by atoms with Crippen molar-refractivity contribution in [2.45, 2.75) is 20.8 Å². The van der Waals surface area contributed by atoms with Crippen LogP contribution in [0.3, 0.4) is 0 Å². The molecular formula is C13H20N2O3. The van der Waals surface area contributed by atoms with Gasteiger partial charge < -0.3 is 14.6 Å². The Labute approximate surface area is 107 Å². The summed E-state index contributed by atoms with van der Waals surface area (Å²) in [7, 11) is 1.80. The highest BCUT2D eigenvalue weighted by Crippen LogP contribution is 2.11. The van der Waals surface area contributed by atoms with E-state index in [-0.39, 0.29) is 18.4 Å². The standard InChI is InChI=1S/C13H20N2O3/c1-9(2)7-15(8-12(16)17)13(18)11-6-5-10(3)14(11)4/h5-6,9H,7-8H2,1-4H3,(H,16,17). The van der Waals surface area contributed by atoms with Crippen molar-refractivity contribution in [2.75, 3.05) is 13.1 Å². The fourth-order valence-corrected chi connectivity index (χ4v) is 1.81. The second-order valence-electron chi connectivity index (χ2n) is 4.89. The zero-order valence-corrected chi connectivity index (χ0v) is 11.3. The van der Waals surface area contributed by atoms with Gasteiger partial charge in [0.05, 0.1) is 0 Å². The third kappa shape index (κ3) is 3.35. The van der Waals surface area contributed by atoms with E-state index in [2.05, 4.69) is 0 Å². The molecule has 1 heterocycles. The summed E-state index contributed by atoms with van der Waals surface area (Å²) in [4.78, 5) is 24.5. The molecule has 100 valence electrons. The van der Waals surface area contributed by atoms with Crippen LogP contribution < -0.4 is 0 Å². The molecule has 1 aromatic heterocycles.